The molecule has 5 nitrogen and oxygen atoms in total. The van der Waals surface area contributed by atoms with Gasteiger partial charge in [0.1, 0.15) is 12.1 Å². The summed E-state index contributed by atoms with van der Waals surface area (Å²) < 4.78 is 0. The van der Waals surface area contributed by atoms with E-state index < -0.39 is 18.1 Å². The molecule has 0 bridgehead atoms. The van der Waals surface area contributed by atoms with Crippen LogP contribution in [-0.4, -0.2) is 47.1 Å². The van der Waals surface area contributed by atoms with E-state index in [1.54, 1.807) is 13.8 Å². The van der Waals surface area contributed by atoms with E-state index >= 15 is 0 Å². The van der Waals surface area contributed by atoms with Crippen molar-refractivity contribution in [2.24, 2.45) is 0 Å². The van der Waals surface area contributed by atoms with Crippen LogP contribution in [0.4, 0.5) is 0 Å². The van der Waals surface area contributed by atoms with Gasteiger partial charge in [-0.25, -0.2) is 0 Å². The van der Waals surface area contributed by atoms with Crippen LogP contribution >= 0.6 is 0 Å². The Labute approximate surface area is 76.7 Å². The van der Waals surface area contributed by atoms with Gasteiger partial charge in [-0.15, -0.1) is 0 Å². The number of nitrogens with one attached hydrogen (secondary N) is 1. The number of aliphatic hydroxyl groups excluding tert-OH is 1. The van der Waals surface area contributed by atoms with Gasteiger partial charge in [-0.3, -0.25) is 9.59 Å². The second-order valence-electron chi connectivity index (χ2n) is 3.52. The minimum Gasteiger partial charge on any atom is -0.387 e. The van der Waals surface area contributed by atoms with Crippen molar-refractivity contribution in [2.45, 2.75) is 19.4 Å². The highest BCUT2D eigenvalue weighted by Gasteiger charge is 2.39. The summed E-state index contributed by atoms with van der Waals surface area (Å²) in [6.07, 6.45) is 0. The first-order valence-electron chi connectivity index (χ1n) is 4.20. The summed E-state index contributed by atoms with van der Waals surface area (Å²) in [7, 11) is 0. The highest BCUT2D eigenvalue weighted by atomic mass is 16.3. The van der Waals surface area contributed by atoms with Crippen molar-refractivity contribution >= 4 is 11.8 Å². The molecule has 0 spiro atoms. The van der Waals surface area contributed by atoms with E-state index in [-0.39, 0.29) is 5.91 Å². The van der Waals surface area contributed by atoms with E-state index in [1.807, 2.05) is 0 Å². The molecule has 13 heavy (non-hydrogen) atoms. The first kappa shape index (κ1) is 9.98. The number of amides is 2. The van der Waals surface area contributed by atoms with E-state index in [0.717, 1.165) is 0 Å². The SMILES string of the molecule is CC1(C)C(=O)NCCN1C(=O)CO. The third kappa shape index (κ3) is 1.65. The van der Waals surface area contributed by atoms with Gasteiger partial charge in [0.2, 0.25) is 11.8 Å². The third-order valence-electron chi connectivity index (χ3n) is 2.29. The summed E-state index contributed by atoms with van der Waals surface area (Å²) in [6.45, 7) is 3.69. The van der Waals surface area contributed by atoms with Gasteiger partial charge >= 0.3 is 0 Å². The fourth-order valence-electron chi connectivity index (χ4n) is 1.42. The first-order valence-corrected chi connectivity index (χ1v) is 4.20. The topological polar surface area (TPSA) is 69.6 Å². The van der Waals surface area contributed by atoms with Crippen molar-refractivity contribution in [1.29, 1.82) is 0 Å². The molecule has 0 aromatic carbocycles. The molecule has 1 aliphatic rings. The summed E-state index contributed by atoms with van der Waals surface area (Å²) in [4.78, 5) is 24.0. The lowest BCUT2D eigenvalue weighted by Gasteiger charge is -2.40. The molecule has 1 rings (SSSR count). The van der Waals surface area contributed by atoms with Crippen LogP contribution in [0.3, 0.4) is 0 Å². The average molecular weight is 186 g/mol. The lowest BCUT2D eigenvalue weighted by atomic mass is 9.99. The molecule has 0 aromatic rings. The number of carbonyl (C=O) groups excluding carboxylic acids is 2. The van der Waals surface area contributed by atoms with Gasteiger partial charge < -0.3 is 15.3 Å². The van der Waals surface area contributed by atoms with Gasteiger partial charge in [0.15, 0.2) is 0 Å². The van der Waals surface area contributed by atoms with Crippen molar-refractivity contribution < 1.29 is 14.7 Å². The number of rotatable bonds is 1. The number of nitrogens with zero attached hydrogens (tertiary/aromatic N) is 1. The largest absolute Gasteiger partial charge is 0.387 e. The Morgan fingerprint density at radius 3 is 2.85 bits per heavy atom. The Balaban J connectivity index is 2.83. The maximum Gasteiger partial charge on any atom is 0.249 e. The van der Waals surface area contributed by atoms with Gasteiger partial charge in [0.05, 0.1) is 0 Å². The van der Waals surface area contributed by atoms with E-state index in [0.29, 0.717) is 13.1 Å². The molecule has 1 fully saturated rings. The fourth-order valence-corrected chi connectivity index (χ4v) is 1.42. The lowest BCUT2D eigenvalue weighted by Crippen LogP contribution is -2.63. The Morgan fingerprint density at radius 2 is 2.31 bits per heavy atom. The van der Waals surface area contributed by atoms with Crippen LogP contribution in [-0.2, 0) is 9.59 Å². The van der Waals surface area contributed by atoms with Crippen LogP contribution < -0.4 is 5.32 Å². The van der Waals surface area contributed by atoms with Crippen LogP contribution in [0.5, 0.6) is 0 Å². The van der Waals surface area contributed by atoms with Crippen LogP contribution in [0.25, 0.3) is 0 Å². The van der Waals surface area contributed by atoms with Gasteiger partial charge in [0.25, 0.3) is 0 Å². The highest BCUT2D eigenvalue weighted by molar-refractivity contribution is 5.92. The lowest BCUT2D eigenvalue weighted by molar-refractivity contribution is -0.150. The molecule has 2 N–H and O–H groups in total. The Kier molecular flexibility index (Phi) is 2.56. The molecule has 1 saturated heterocycles. The molecular weight excluding hydrogens is 172 g/mol. The highest BCUT2D eigenvalue weighted by Crippen LogP contribution is 2.17. The second kappa shape index (κ2) is 3.33. The van der Waals surface area contributed by atoms with Crippen LogP contribution in [0.2, 0.25) is 0 Å². The molecule has 0 radical (unpaired) electrons. The molecule has 1 aliphatic heterocycles. The molecule has 0 aromatic heterocycles. The third-order valence-corrected chi connectivity index (χ3v) is 2.29. The molecule has 0 atom stereocenters. The summed E-state index contributed by atoms with van der Waals surface area (Å²) in [6, 6.07) is 0. The van der Waals surface area contributed by atoms with E-state index in [2.05, 4.69) is 5.32 Å². The minimum atomic E-state index is -0.849. The first-order chi connectivity index (χ1) is 6.00. The average Bonchev–Trinajstić information content (AvgIpc) is 2.08. The molecule has 74 valence electrons. The molecule has 1 heterocycles. The smallest absolute Gasteiger partial charge is 0.249 e. The van der Waals surface area contributed by atoms with Crippen molar-refractivity contribution in [3.05, 3.63) is 0 Å². The Hall–Kier alpha value is -1.10. The molecule has 5 heteroatoms. The minimum absolute atomic E-state index is 0.180. The zero-order valence-electron chi connectivity index (χ0n) is 7.83. The van der Waals surface area contributed by atoms with Crippen molar-refractivity contribution in [2.75, 3.05) is 19.7 Å². The predicted molar refractivity (Wildman–Crippen MR) is 45.9 cm³/mol. The number of hydrogen-bond acceptors (Lipinski definition) is 3. The van der Waals surface area contributed by atoms with Gasteiger partial charge in [-0.1, -0.05) is 0 Å². The maximum absolute atomic E-state index is 11.4. The van der Waals surface area contributed by atoms with Gasteiger partial charge in [-0.2, -0.15) is 0 Å². The quantitative estimate of drug-likeness (QED) is 0.535. The normalized spacial score (nSPS) is 21.2. The molecule has 0 saturated carbocycles. The standard InChI is InChI=1S/C8H14N2O3/c1-8(2)7(13)9-3-4-10(8)6(12)5-11/h11H,3-5H2,1-2H3,(H,9,13). The number of piperazine rings is 1. The second-order valence-corrected chi connectivity index (χ2v) is 3.52. The number of aliphatic hydroxyl groups is 1. The van der Waals surface area contributed by atoms with Crippen LogP contribution in [0.15, 0.2) is 0 Å². The monoisotopic (exact) mass is 186 g/mol. The number of hydrogen-bond donors (Lipinski definition) is 2. The zero-order valence-corrected chi connectivity index (χ0v) is 7.83. The van der Waals surface area contributed by atoms with Crippen molar-refractivity contribution in [1.82, 2.24) is 10.2 Å². The van der Waals surface area contributed by atoms with E-state index in [9.17, 15) is 9.59 Å². The Bertz CT molecular complexity index is 238. The summed E-state index contributed by atoms with van der Waals surface area (Å²) in [5.74, 6) is -0.583. The fraction of sp³-hybridized carbons (Fsp3) is 0.750. The van der Waals surface area contributed by atoms with Crippen molar-refractivity contribution in [3.8, 4) is 0 Å². The van der Waals surface area contributed by atoms with E-state index in [4.69, 9.17) is 5.11 Å². The zero-order chi connectivity index (χ0) is 10.1. The maximum atomic E-state index is 11.4. The molecule has 0 aliphatic carbocycles. The molecule has 0 unspecified atom stereocenters. The number of carbonyl (C=O) groups is 2. The molecular formula is C8H14N2O3. The molecule has 2 amide bonds. The van der Waals surface area contributed by atoms with Crippen molar-refractivity contribution in [3.63, 3.8) is 0 Å². The summed E-state index contributed by atoms with van der Waals surface area (Å²) in [5, 5.41) is 11.3. The summed E-state index contributed by atoms with van der Waals surface area (Å²) >= 11 is 0. The summed E-state index contributed by atoms with van der Waals surface area (Å²) in [5.41, 5.74) is -0.849. The van der Waals surface area contributed by atoms with E-state index in [1.165, 1.54) is 4.90 Å². The predicted octanol–water partition coefficient (Wildman–Crippen LogP) is -1.28. The van der Waals surface area contributed by atoms with Crippen LogP contribution in [0.1, 0.15) is 13.8 Å². The van der Waals surface area contributed by atoms with Gasteiger partial charge in [-0.05, 0) is 13.8 Å². The Morgan fingerprint density at radius 1 is 1.69 bits per heavy atom. The van der Waals surface area contributed by atoms with Crippen LogP contribution in [0, 0.1) is 0 Å². The van der Waals surface area contributed by atoms with Gasteiger partial charge in [0, 0.05) is 13.1 Å².